The third kappa shape index (κ3) is 2.06. The van der Waals surface area contributed by atoms with E-state index in [-0.39, 0.29) is 11.7 Å². The maximum absolute atomic E-state index is 11.3. The van der Waals surface area contributed by atoms with Crippen molar-refractivity contribution in [2.45, 2.75) is 6.92 Å². The summed E-state index contributed by atoms with van der Waals surface area (Å²) in [5.74, 6) is -0.164. The number of aryl methyl sites for hydroxylation is 1. The molecule has 0 bridgehead atoms. The van der Waals surface area contributed by atoms with Gasteiger partial charge in [0.1, 0.15) is 0 Å². The Hall–Kier alpha value is -2.68. The van der Waals surface area contributed by atoms with Gasteiger partial charge in [-0.25, -0.2) is 0 Å². The van der Waals surface area contributed by atoms with Crippen LogP contribution in [0, 0.1) is 18.3 Å². The molecule has 0 spiro atoms. The summed E-state index contributed by atoms with van der Waals surface area (Å²) in [6.07, 6.45) is 0. The third-order valence-corrected chi connectivity index (χ3v) is 2.44. The van der Waals surface area contributed by atoms with Gasteiger partial charge in [0, 0.05) is 12.6 Å². The van der Waals surface area contributed by atoms with Gasteiger partial charge in [0.05, 0.1) is 11.6 Å². The topological polar surface area (TPSA) is 91.8 Å². The average Bonchev–Trinajstić information content (AvgIpc) is 2.87. The second kappa shape index (κ2) is 4.67. The van der Waals surface area contributed by atoms with Crippen LogP contribution in [-0.2, 0) is 0 Å². The van der Waals surface area contributed by atoms with Crippen molar-refractivity contribution in [3.8, 4) is 17.5 Å². The Kier molecular flexibility index (Phi) is 3.06. The predicted molar refractivity (Wildman–Crippen MR) is 62.6 cm³/mol. The molecule has 0 aliphatic rings. The van der Waals surface area contributed by atoms with Gasteiger partial charge in [-0.15, -0.1) is 0 Å². The van der Waals surface area contributed by atoms with Crippen LogP contribution in [-0.4, -0.2) is 23.1 Å². The monoisotopic (exact) mass is 242 g/mol. The normalized spacial score (nSPS) is 9.83. The molecule has 1 aromatic carbocycles. The summed E-state index contributed by atoms with van der Waals surface area (Å²) in [6, 6.07) is 7.15. The minimum absolute atomic E-state index is 0.0174. The van der Waals surface area contributed by atoms with Gasteiger partial charge in [0.15, 0.2) is 0 Å². The smallest absolute Gasteiger partial charge is 0.292 e. The van der Waals surface area contributed by atoms with Crippen LogP contribution in [0.3, 0.4) is 0 Å². The number of nitriles is 1. The van der Waals surface area contributed by atoms with Crippen molar-refractivity contribution in [3.05, 3.63) is 35.2 Å². The number of hydrogen-bond acceptors (Lipinski definition) is 5. The highest BCUT2D eigenvalue weighted by molar-refractivity contribution is 5.90. The van der Waals surface area contributed by atoms with Gasteiger partial charge in [0.25, 0.3) is 17.6 Å². The maximum Gasteiger partial charge on any atom is 0.292 e. The average molecular weight is 242 g/mol. The first kappa shape index (κ1) is 11.8. The molecule has 2 aromatic rings. The van der Waals surface area contributed by atoms with E-state index in [0.717, 1.165) is 5.56 Å². The fraction of sp³-hybridized carbons (Fsp3) is 0.167. The van der Waals surface area contributed by atoms with E-state index < -0.39 is 5.91 Å². The number of hydrogen-bond donors (Lipinski definition) is 1. The maximum atomic E-state index is 11.3. The Morgan fingerprint density at radius 2 is 2.28 bits per heavy atom. The van der Waals surface area contributed by atoms with E-state index in [0.29, 0.717) is 11.1 Å². The molecule has 1 N–H and O–H groups in total. The molecule has 90 valence electrons. The van der Waals surface area contributed by atoms with Crippen molar-refractivity contribution in [2.75, 3.05) is 7.05 Å². The fourth-order valence-electron chi connectivity index (χ4n) is 1.51. The quantitative estimate of drug-likeness (QED) is 0.856. The molecule has 18 heavy (non-hydrogen) atoms. The lowest BCUT2D eigenvalue weighted by Crippen LogP contribution is -2.19. The number of rotatable bonds is 2. The Balaban J connectivity index is 2.41. The van der Waals surface area contributed by atoms with Crippen LogP contribution in [0.4, 0.5) is 0 Å². The van der Waals surface area contributed by atoms with Crippen molar-refractivity contribution < 1.29 is 9.32 Å². The molecule has 1 aromatic heterocycles. The zero-order valence-electron chi connectivity index (χ0n) is 9.89. The summed E-state index contributed by atoms with van der Waals surface area (Å²) in [4.78, 5) is 15.3. The molecule has 6 nitrogen and oxygen atoms in total. The summed E-state index contributed by atoms with van der Waals surface area (Å²) < 4.78 is 5.02. The molecule has 1 amide bonds. The molecule has 0 unspecified atom stereocenters. The van der Waals surface area contributed by atoms with E-state index in [2.05, 4.69) is 15.5 Å². The highest BCUT2D eigenvalue weighted by atomic mass is 16.5. The number of aromatic nitrogens is 2. The molecular formula is C12H10N4O2. The van der Waals surface area contributed by atoms with Gasteiger partial charge < -0.3 is 9.84 Å². The summed E-state index contributed by atoms with van der Waals surface area (Å²) in [5, 5.41) is 14.8. The molecule has 6 heteroatoms. The molecule has 0 aliphatic heterocycles. The lowest BCUT2D eigenvalue weighted by molar-refractivity contribution is 0.0950. The van der Waals surface area contributed by atoms with E-state index in [1.165, 1.54) is 7.05 Å². The molecule has 0 aliphatic carbocycles. The minimum atomic E-state index is -0.406. The van der Waals surface area contributed by atoms with Crippen LogP contribution < -0.4 is 5.32 Å². The molecule has 0 fully saturated rings. The van der Waals surface area contributed by atoms with E-state index >= 15 is 0 Å². The van der Waals surface area contributed by atoms with Gasteiger partial charge in [-0.3, -0.25) is 4.79 Å². The van der Waals surface area contributed by atoms with Gasteiger partial charge >= 0.3 is 0 Å². The first-order chi connectivity index (χ1) is 8.65. The minimum Gasteiger partial charge on any atom is -0.352 e. The number of benzene rings is 1. The van der Waals surface area contributed by atoms with E-state index in [9.17, 15) is 4.79 Å². The van der Waals surface area contributed by atoms with E-state index in [1.807, 2.05) is 13.0 Å². The largest absolute Gasteiger partial charge is 0.352 e. The van der Waals surface area contributed by atoms with Crippen molar-refractivity contribution >= 4 is 5.91 Å². The first-order valence-electron chi connectivity index (χ1n) is 5.22. The standard InChI is InChI=1S/C12H10N4O2/c1-7-5-8(6-13)3-4-9(7)12-15-10(16-18-12)11(17)14-2/h3-5H,1-2H3,(H,14,17). The summed E-state index contributed by atoms with van der Waals surface area (Å²) in [7, 11) is 1.49. The highest BCUT2D eigenvalue weighted by Gasteiger charge is 2.15. The molecule has 0 saturated heterocycles. The lowest BCUT2D eigenvalue weighted by atomic mass is 10.1. The highest BCUT2D eigenvalue weighted by Crippen LogP contribution is 2.22. The number of nitrogens with one attached hydrogen (secondary N) is 1. The Bertz CT molecular complexity index is 640. The Morgan fingerprint density at radius 1 is 1.50 bits per heavy atom. The number of carbonyl (C=O) groups is 1. The molecule has 0 saturated carbocycles. The number of nitrogens with zero attached hydrogens (tertiary/aromatic N) is 3. The molecule has 0 radical (unpaired) electrons. The van der Waals surface area contributed by atoms with Crippen molar-refractivity contribution in [3.63, 3.8) is 0 Å². The molecular weight excluding hydrogens is 232 g/mol. The summed E-state index contributed by atoms with van der Waals surface area (Å²) >= 11 is 0. The second-order valence-corrected chi connectivity index (χ2v) is 3.64. The SMILES string of the molecule is CNC(=O)c1noc(-c2ccc(C#N)cc2C)n1. The van der Waals surface area contributed by atoms with Crippen LogP contribution in [0.15, 0.2) is 22.7 Å². The number of amides is 1. The third-order valence-electron chi connectivity index (χ3n) is 2.44. The van der Waals surface area contributed by atoms with E-state index in [4.69, 9.17) is 9.78 Å². The van der Waals surface area contributed by atoms with Crippen molar-refractivity contribution in [1.82, 2.24) is 15.5 Å². The van der Waals surface area contributed by atoms with Gasteiger partial charge in [-0.2, -0.15) is 10.2 Å². The fourth-order valence-corrected chi connectivity index (χ4v) is 1.51. The lowest BCUT2D eigenvalue weighted by Gasteiger charge is -1.99. The van der Waals surface area contributed by atoms with Crippen LogP contribution in [0.2, 0.25) is 0 Å². The predicted octanol–water partition coefficient (Wildman–Crippen LogP) is 1.28. The van der Waals surface area contributed by atoms with Crippen LogP contribution in [0.1, 0.15) is 21.7 Å². The van der Waals surface area contributed by atoms with Crippen molar-refractivity contribution in [1.29, 1.82) is 5.26 Å². The zero-order valence-corrected chi connectivity index (χ0v) is 9.89. The van der Waals surface area contributed by atoms with Gasteiger partial charge in [0.2, 0.25) is 0 Å². The first-order valence-corrected chi connectivity index (χ1v) is 5.22. The van der Waals surface area contributed by atoms with Gasteiger partial charge in [-0.1, -0.05) is 5.16 Å². The zero-order chi connectivity index (χ0) is 13.1. The van der Waals surface area contributed by atoms with Crippen LogP contribution in [0.5, 0.6) is 0 Å². The summed E-state index contributed by atoms with van der Waals surface area (Å²) in [6.45, 7) is 1.83. The molecule has 1 heterocycles. The molecule has 0 atom stereocenters. The molecule has 2 rings (SSSR count). The number of carbonyl (C=O) groups excluding carboxylic acids is 1. The Labute approximate surface area is 103 Å². The van der Waals surface area contributed by atoms with Gasteiger partial charge in [-0.05, 0) is 30.7 Å². The van der Waals surface area contributed by atoms with E-state index in [1.54, 1.807) is 18.2 Å². The van der Waals surface area contributed by atoms with Crippen LogP contribution in [0.25, 0.3) is 11.5 Å². The van der Waals surface area contributed by atoms with Crippen LogP contribution >= 0.6 is 0 Å². The summed E-state index contributed by atoms with van der Waals surface area (Å²) in [5.41, 5.74) is 2.10. The second-order valence-electron chi connectivity index (χ2n) is 3.64. The van der Waals surface area contributed by atoms with Crippen molar-refractivity contribution in [2.24, 2.45) is 0 Å². The Morgan fingerprint density at radius 3 is 2.89 bits per heavy atom.